The summed E-state index contributed by atoms with van der Waals surface area (Å²) in [7, 11) is 2.17. The van der Waals surface area contributed by atoms with Gasteiger partial charge in [0, 0.05) is 51.2 Å². The number of aromatic nitrogens is 3. The van der Waals surface area contributed by atoms with E-state index < -0.39 is 0 Å². The second kappa shape index (κ2) is 5.86. The van der Waals surface area contributed by atoms with Crippen LogP contribution in [0, 0.1) is 0 Å². The monoisotopic (exact) mass is 449 g/mol. The first kappa shape index (κ1) is 17.7. The van der Waals surface area contributed by atoms with Crippen LogP contribution in [0.5, 0.6) is 0 Å². The normalized spacial score (nSPS) is 12.7. The van der Waals surface area contributed by atoms with E-state index >= 15 is 0 Å². The Balaban J connectivity index is 1.79. The molecule has 0 spiro atoms. The maximum absolute atomic E-state index is 6.09. The van der Waals surface area contributed by atoms with Crippen molar-refractivity contribution >= 4 is 71.1 Å². The van der Waals surface area contributed by atoms with Gasteiger partial charge >= 0.3 is 0 Å². The molecule has 35 heavy (non-hydrogen) atoms. The van der Waals surface area contributed by atoms with Crippen molar-refractivity contribution in [3.05, 3.63) is 97.3 Å². The Hall–Kier alpha value is -4.70. The quantitative estimate of drug-likeness (QED) is 0.249. The number of benzene rings is 4. The van der Waals surface area contributed by atoms with Crippen LogP contribution >= 0.6 is 0 Å². The summed E-state index contributed by atoms with van der Waals surface area (Å²) in [6.45, 7) is 0. The third kappa shape index (κ3) is 1.90. The van der Waals surface area contributed by atoms with Gasteiger partial charge in [0.1, 0.15) is 0 Å². The summed E-state index contributed by atoms with van der Waals surface area (Å²) in [4.78, 5) is 0. The van der Waals surface area contributed by atoms with Crippen LogP contribution in [0.4, 0.5) is 0 Å². The van der Waals surface area contributed by atoms with Crippen molar-refractivity contribution in [2.45, 2.75) is 0 Å². The fourth-order valence-corrected chi connectivity index (χ4v) is 6.51. The second-order valence-corrected chi connectivity index (χ2v) is 9.47. The Kier molecular flexibility index (Phi) is 2.97. The van der Waals surface area contributed by atoms with Crippen LogP contribution in [0.15, 0.2) is 102 Å². The molecule has 0 aliphatic heterocycles. The van der Waals surface area contributed by atoms with E-state index in [1.807, 2.05) is 6.26 Å². The molecule has 0 amide bonds. The molecule has 0 unspecified atom stereocenters. The number of fused-ring (bicyclic) bond motifs is 8. The molecule has 5 aromatic heterocycles. The maximum atomic E-state index is 6.09. The Morgan fingerprint density at radius 2 is 1.31 bits per heavy atom. The molecule has 0 N–H and O–H groups in total. The highest BCUT2D eigenvalue weighted by Gasteiger charge is 2.25. The summed E-state index contributed by atoms with van der Waals surface area (Å²) in [6.07, 6.45) is 1.81. The number of para-hydroxylation sites is 2. The van der Waals surface area contributed by atoms with Crippen molar-refractivity contribution in [2.24, 2.45) is 7.05 Å². The lowest BCUT2D eigenvalue weighted by molar-refractivity contribution is 0.619. The largest absolute Gasteiger partial charge is 0.462 e. The summed E-state index contributed by atoms with van der Waals surface area (Å²) in [5, 5.41) is 6.24. The smallest absolute Gasteiger partial charge is 0.159 e. The second-order valence-electron chi connectivity index (χ2n) is 9.47. The molecule has 0 saturated carbocycles. The van der Waals surface area contributed by atoms with Gasteiger partial charge in [-0.2, -0.15) is 0 Å². The average molecular weight is 450 g/mol. The zero-order valence-electron chi connectivity index (χ0n) is 19.0. The lowest BCUT2D eigenvalue weighted by Crippen LogP contribution is -1.94. The van der Waals surface area contributed by atoms with Gasteiger partial charge in [-0.25, -0.2) is 0 Å². The average Bonchev–Trinajstić information content (AvgIpc) is 3.62. The minimum atomic E-state index is 0.945. The van der Waals surface area contributed by atoms with Gasteiger partial charge < -0.3 is 18.0 Å². The first-order chi connectivity index (χ1) is 17.3. The Morgan fingerprint density at radius 3 is 2.23 bits per heavy atom. The Bertz CT molecular complexity index is 2270. The fraction of sp³-hybridized carbons (Fsp3) is 0.0323. The predicted octanol–water partition coefficient (Wildman–Crippen LogP) is 8.02. The van der Waals surface area contributed by atoms with E-state index in [1.165, 1.54) is 54.6 Å². The zero-order chi connectivity index (χ0) is 22.8. The highest BCUT2D eigenvalue weighted by molar-refractivity contribution is 6.34. The van der Waals surface area contributed by atoms with Crippen molar-refractivity contribution in [3.63, 3.8) is 0 Å². The molecular formula is C31H19N3O. The molecule has 0 bridgehead atoms. The molecule has 0 radical (unpaired) electrons. The van der Waals surface area contributed by atoms with E-state index in [9.17, 15) is 0 Å². The van der Waals surface area contributed by atoms with Crippen LogP contribution in [-0.2, 0) is 7.05 Å². The van der Waals surface area contributed by atoms with Gasteiger partial charge in [-0.1, -0.05) is 48.5 Å². The van der Waals surface area contributed by atoms with Crippen molar-refractivity contribution in [1.82, 2.24) is 13.5 Å². The molecule has 4 nitrogen and oxygen atoms in total. The van der Waals surface area contributed by atoms with Crippen LogP contribution < -0.4 is 0 Å². The van der Waals surface area contributed by atoms with Crippen molar-refractivity contribution in [3.8, 4) is 5.69 Å². The van der Waals surface area contributed by atoms with Crippen LogP contribution in [0.2, 0.25) is 0 Å². The van der Waals surface area contributed by atoms with E-state index in [1.54, 1.807) is 0 Å². The number of hydrogen-bond donors (Lipinski definition) is 0. The van der Waals surface area contributed by atoms with Gasteiger partial charge in [0.15, 0.2) is 5.58 Å². The molecule has 0 fully saturated rings. The number of rotatable bonds is 1. The SMILES string of the molecule is Cn1c2cccc3c2c2c1ccc1c4occc4n(c12)c1c2ccccc2n(-c2ccccc2)c31. The van der Waals surface area contributed by atoms with Gasteiger partial charge in [0.05, 0.1) is 39.4 Å². The van der Waals surface area contributed by atoms with Crippen LogP contribution in [0.1, 0.15) is 0 Å². The highest BCUT2D eigenvalue weighted by Crippen LogP contribution is 2.46. The standard InChI is InChI=1S/C31H19N3O/c1-32-23-13-7-11-20-26(23)27-24(32)15-14-21-28(27)34(25-16-17-35-31(21)25)29-19-10-5-6-12-22(19)33(30(20)29)18-8-3-2-4-9-18/h2-17H,1H3. The van der Waals surface area contributed by atoms with E-state index in [0.717, 1.165) is 22.2 Å². The minimum absolute atomic E-state index is 0.945. The number of furan rings is 1. The molecule has 9 rings (SSSR count). The summed E-state index contributed by atoms with van der Waals surface area (Å²) in [6, 6.07) is 32.8. The highest BCUT2D eigenvalue weighted by atomic mass is 16.3. The zero-order valence-corrected chi connectivity index (χ0v) is 19.0. The van der Waals surface area contributed by atoms with Gasteiger partial charge in [0.2, 0.25) is 0 Å². The third-order valence-corrected chi connectivity index (χ3v) is 7.87. The van der Waals surface area contributed by atoms with Crippen LogP contribution in [0.25, 0.3) is 76.8 Å². The first-order valence-electron chi connectivity index (χ1n) is 11.9. The number of aryl methyl sites for hydroxylation is 1. The van der Waals surface area contributed by atoms with E-state index in [2.05, 4.69) is 112 Å². The molecule has 5 heterocycles. The summed E-state index contributed by atoms with van der Waals surface area (Å²) >= 11 is 0. The summed E-state index contributed by atoms with van der Waals surface area (Å²) in [5.41, 5.74) is 10.5. The molecule has 0 saturated heterocycles. The molecule has 0 atom stereocenters. The molecule has 4 aromatic carbocycles. The fourth-order valence-electron chi connectivity index (χ4n) is 6.51. The first-order valence-corrected chi connectivity index (χ1v) is 11.9. The molecule has 164 valence electrons. The number of hydrogen-bond acceptors (Lipinski definition) is 1. The van der Waals surface area contributed by atoms with Crippen LogP contribution in [-0.4, -0.2) is 13.5 Å². The van der Waals surface area contributed by atoms with Gasteiger partial charge in [-0.15, -0.1) is 0 Å². The van der Waals surface area contributed by atoms with Crippen molar-refractivity contribution in [1.29, 1.82) is 0 Å². The Morgan fingerprint density at radius 1 is 0.543 bits per heavy atom. The molecule has 9 aromatic rings. The molecular weight excluding hydrogens is 430 g/mol. The third-order valence-electron chi connectivity index (χ3n) is 7.87. The van der Waals surface area contributed by atoms with Gasteiger partial charge in [0.25, 0.3) is 0 Å². The van der Waals surface area contributed by atoms with Crippen molar-refractivity contribution in [2.75, 3.05) is 0 Å². The van der Waals surface area contributed by atoms with E-state index in [0.29, 0.717) is 0 Å². The van der Waals surface area contributed by atoms with Gasteiger partial charge in [-0.3, -0.25) is 0 Å². The summed E-state index contributed by atoms with van der Waals surface area (Å²) in [5.74, 6) is 0. The molecule has 4 heteroatoms. The lowest BCUT2D eigenvalue weighted by atomic mass is 10.1. The maximum Gasteiger partial charge on any atom is 0.159 e. The number of nitrogens with zero attached hydrogens (tertiary/aromatic N) is 3. The topological polar surface area (TPSA) is 27.4 Å². The van der Waals surface area contributed by atoms with E-state index in [-0.39, 0.29) is 0 Å². The molecule has 0 aliphatic carbocycles. The van der Waals surface area contributed by atoms with Crippen LogP contribution in [0.3, 0.4) is 0 Å². The summed E-state index contributed by atoms with van der Waals surface area (Å²) < 4.78 is 13.3. The lowest BCUT2D eigenvalue weighted by Gasteiger charge is -2.08. The molecule has 0 aliphatic rings. The Labute approximate surface area is 199 Å². The van der Waals surface area contributed by atoms with Gasteiger partial charge in [-0.05, 0) is 36.4 Å². The minimum Gasteiger partial charge on any atom is -0.462 e. The predicted molar refractivity (Wildman–Crippen MR) is 144 cm³/mol. The van der Waals surface area contributed by atoms with Crippen molar-refractivity contribution < 1.29 is 4.42 Å². The van der Waals surface area contributed by atoms with E-state index in [4.69, 9.17) is 4.42 Å².